The van der Waals surface area contributed by atoms with Crippen molar-refractivity contribution in [2.24, 2.45) is 0 Å². The third-order valence-electron chi connectivity index (χ3n) is 4.59. The molecule has 0 bridgehead atoms. The Bertz CT molecular complexity index is 737. The van der Waals surface area contributed by atoms with Gasteiger partial charge in [0.2, 0.25) is 0 Å². The fourth-order valence-electron chi connectivity index (χ4n) is 3.52. The summed E-state index contributed by atoms with van der Waals surface area (Å²) in [6, 6.07) is 19.2. The van der Waals surface area contributed by atoms with Gasteiger partial charge in [-0.3, -0.25) is 0 Å². The Morgan fingerprint density at radius 2 is 1.62 bits per heavy atom. The molecule has 0 radical (unpaired) electrons. The SMILES string of the molecule is c1ccc(Cn2c(C3CCCC3)nc3ccccc32)cc1. The van der Waals surface area contributed by atoms with Crippen molar-refractivity contribution in [2.75, 3.05) is 0 Å². The van der Waals surface area contributed by atoms with Gasteiger partial charge >= 0.3 is 0 Å². The molecule has 1 heterocycles. The van der Waals surface area contributed by atoms with Crippen LogP contribution in [0.4, 0.5) is 0 Å². The van der Waals surface area contributed by atoms with E-state index in [0.29, 0.717) is 5.92 Å². The van der Waals surface area contributed by atoms with Crippen molar-refractivity contribution >= 4 is 11.0 Å². The number of aromatic nitrogens is 2. The highest BCUT2D eigenvalue weighted by molar-refractivity contribution is 5.76. The molecule has 1 saturated carbocycles. The lowest BCUT2D eigenvalue weighted by Crippen LogP contribution is -2.08. The smallest absolute Gasteiger partial charge is 0.113 e. The normalized spacial score (nSPS) is 15.8. The van der Waals surface area contributed by atoms with E-state index in [1.165, 1.54) is 42.6 Å². The van der Waals surface area contributed by atoms with E-state index in [9.17, 15) is 0 Å². The molecule has 0 spiro atoms. The van der Waals surface area contributed by atoms with Crippen molar-refractivity contribution in [3.63, 3.8) is 0 Å². The fourth-order valence-corrected chi connectivity index (χ4v) is 3.52. The molecular formula is C19H20N2. The van der Waals surface area contributed by atoms with E-state index in [1.54, 1.807) is 0 Å². The number of fused-ring (bicyclic) bond motifs is 1. The number of imidazole rings is 1. The highest BCUT2D eigenvalue weighted by Crippen LogP contribution is 2.35. The van der Waals surface area contributed by atoms with E-state index in [0.717, 1.165) is 12.1 Å². The van der Waals surface area contributed by atoms with Crippen LogP contribution in [0.5, 0.6) is 0 Å². The number of benzene rings is 2. The minimum Gasteiger partial charge on any atom is -0.323 e. The molecule has 21 heavy (non-hydrogen) atoms. The van der Waals surface area contributed by atoms with Gasteiger partial charge in [0, 0.05) is 12.5 Å². The minimum absolute atomic E-state index is 0.640. The average molecular weight is 276 g/mol. The van der Waals surface area contributed by atoms with Gasteiger partial charge in [0.25, 0.3) is 0 Å². The zero-order valence-electron chi connectivity index (χ0n) is 12.2. The minimum atomic E-state index is 0.640. The van der Waals surface area contributed by atoms with Crippen molar-refractivity contribution in [1.29, 1.82) is 0 Å². The van der Waals surface area contributed by atoms with Crippen LogP contribution in [0.25, 0.3) is 11.0 Å². The molecule has 1 aliphatic carbocycles. The van der Waals surface area contributed by atoms with Gasteiger partial charge < -0.3 is 4.57 Å². The van der Waals surface area contributed by atoms with Crippen molar-refractivity contribution in [1.82, 2.24) is 9.55 Å². The van der Waals surface area contributed by atoms with Gasteiger partial charge in [0.1, 0.15) is 5.82 Å². The molecule has 3 aromatic rings. The zero-order chi connectivity index (χ0) is 14.1. The van der Waals surface area contributed by atoms with Crippen LogP contribution in [0.3, 0.4) is 0 Å². The van der Waals surface area contributed by atoms with Gasteiger partial charge in [0.05, 0.1) is 11.0 Å². The predicted octanol–water partition coefficient (Wildman–Crippen LogP) is 4.74. The van der Waals surface area contributed by atoms with Crippen LogP contribution in [-0.4, -0.2) is 9.55 Å². The molecule has 0 atom stereocenters. The fraction of sp³-hybridized carbons (Fsp3) is 0.316. The molecule has 4 rings (SSSR count). The predicted molar refractivity (Wildman–Crippen MR) is 86.5 cm³/mol. The first-order valence-corrected chi connectivity index (χ1v) is 7.91. The van der Waals surface area contributed by atoms with Gasteiger partial charge in [-0.1, -0.05) is 55.3 Å². The highest BCUT2D eigenvalue weighted by Gasteiger charge is 2.23. The molecule has 0 N–H and O–H groups in total. The van der Waals surface area contributed by atoms with E-state index < -0.39 is 0 Å². The number of hydrogen-bond donors (Lipinski definition) is 0. The van der Waals surface area contributed by atoms with Gasteiger partial charge in [-0.2, -0.15) is 0 Å². The number of rotatable bonds is 3. The van der Waals surface area contributed by atoms with E-state index in [1.807, 2.05) is 0 Å². The van der Waals surface area contributed by atoms with Crippen LogP contribution >= 0.6 is 0 Å². The largest absolute Gasteiger partial charge is 0.323 e. The Labute approximate surface area is 125 Å². The monoisotopic (exact) mass is 276 g/mol. The standard InChI is InChI=1S/C19H20N2/c1-2-8-15(9-3-1)14-21-18-13-7-6-12-17(18)20-19(21)16-10-4-5-11-16/h1-3,6-9,12-13,16H,4-5,10-11,14H2. The molecule has 0 amide bonds. The van der Waals surface area contributed by atoms with Gasteiger partial charge in [-0.15, -0.1) is 0 Å². The summed E-state index contributed by atoms with van der Waals surface area (Å²) < 4.78 is 2.43. The van der Waals surface area contributed by atoms with E-state index in [-0.39, 0.29) is 0 Å². The third-order valence-corrected chi connectivity index (χ3v) is 4.59. The first-order chi connectivity index (χ1) is 10.4. The van der Waals surface area contributed by atoms with Gasteiger partial charge in [-0.25, -0.2) is 4.98 Å². The molecule has 1 aromatic heterocycles. The summed E-state index contributed by atoms with van der Waals surface area (Å²) in [6.45, 7) is 0.924. The first kappa shape index (κ1) is 12.6. The number of para-hydroxylation sites is 2. The van der Waals surface area contributed by atoms with Crippen LogP contribution in [0.15, 0.2) is 54.6 Å². The average Bonchev–Trinajstić information content (AvgIpc) is 3.16. The molecule has 2 aromatic carbocycles. The van der Waals surface area contributed by atoms with Crippen molar-refractivity contribution in [3.05, 3.63) is 66.0 Å². The summed E-state index contributed by atoms with van der Waals surface area (Å²) >= 11 is 0. The molecule has 106 valence electrons. The van der Waals surface area contributed by atoms with Crippen molar-refractivity contribution in [2.45, 2.75) is 38.1 Å². The highest BCUT2D eigenvalue weighted by atomic mass is 15.1. The van der Waals surface area contributed by atoms with Crippen molar-refractivity contribution < 1.29 is 0 Å². The summed E-state index contributed by atoms with van der Waals surface area (Å²) in [7, 11) is 0. The number of nitrogens with zero attached hydrogens (tertiary/aromatic N) is 2. The Kier molecular flexibility index (Phi) is 3.23. The summed E-state index contributed by atoms with van der Waals surface area (Å²) in [6.07, 6.45) is 5.27. The van der Waals surface area contributed by atoms with E-state index in [2.05, 4.69) is 59.2 Å². The summed E-state index contributed by atoms with van der Waals surface area (Å²) in [4.78, 5) is 4.95. The molecule has 1 aliphatic rings. The van der Waals surface area contributed by atoms with Crippen LogP contribution in [-0.2, 0) is 6.54 Å². The zero-order valence-corrected chi connectivity index (χ0v) is 12.2. The van der Waals surface area contributed by atoms with Gasteiger partial charge in [0.15, 0.2) is 0 Å². The molecule has 0 aliphatic heterocycles. The maximum atomic E-state index is 4.95. The van der Waals surface area contributed by atoms with Gasteiger partial charge in [-0.05, 0) is 30.5 Å². The van der Waals surface area contributed by atoms with Crippen molar-refractivity contribution in [3.8, 4) is 0 Å². The second kappa shape index (κ2) is 5.36. The molecule has 1 fully saturated rings. The van der Waals surface area contributed by atoms with Crippen LogP contribution < -0.4 is 0 Å². The maximum absolute atomic E-state index is 4.95. The summed E-state index contributed by atoms with van der Waals surface area (Å²) in [5.74, 6) is 1.93. The quantitative estimate of drug-likeness (QED) is 0.675. The van der Waals surface area contributed by atoms with Crippen LogP contribution in [0.2, 0.25) is 0 Å². The molecule has 0 saturated heterocycles. The second-order valence-electron chi connectivity index (χ2n) is 6.01. The summed E-state index contributed by atoms with van der Waals surface area (Å²) in [5, 5.41) is 0. The molecule has 2 heteroatoms. The van der Waals surface area contributed by atoms with Crippen LogP contribution in [0.1, 0.15) is 43.0 Å². The Morgan fingerprint density at radius 3 is 2.43 bits per heavy atom. The van der Waals surface area contributed by atoms with Crippen LogP contribution in [0, 0.1) is 0 Å². The lowest BCUT2D eigenvalue weighted by molar-refractivity contribution is 0.619. The molecule has 2 nitrogen and oxygen atoms in total. The third kappa shape index (κ3) is 2.35. The van der Waals surface area contributed by atoms with E-state index >= 15 is 0 Å². The Hall–Kier alpha value is -2.09. The van der Waals surface area contributed by atoms with E-state index in [4.69, 9.17) is 4.98 Å². The summed E-state index contributed by atoms with van der Waals surface area (Å²) in [5.41, 5.74) is 3.75. The first-order valence-electron chi connectivity index (χ1n) is 7.91. The lowest BCUT2D eigenvalue weighted by Gasteiger charge is -2.13. The Morgan fingerprint density at radius 1 is 0.905 bits per heavy atom. The molecule has 0 unspecified atom stereocenters. The topological polar surface area (TPSA) is 17.8 Å². The lowest BCUT2D eigenvalue weighted by atomic mass is 10.1. The number of hydrogen-bond acceptors (Lipinski definition) is 1. The maximum Gasteiger partial charge on any atom is 0.113 e. The molecular weight excluding hydrogens is 256 g/mol. The second-order valence-corrected chi connectivity index (χ2v) is 6.01. The Balaban J connectivity index is 1.82.